The third-order valence-corrected chi connectivity index (χ3v) is 5.12. The molecular formula is C14H13BrN2O3S. The lowest BCUT2D eigenvalue weighted by molar-refractivity contribution is 0.0963. The maximum Gasteiger partial charge on any atom is 0.263 e. The Morgan fingerprint density at radius 1 is 1.10 bits per heavy atom. The van der Waals surface area contributed by atoms with Gasteiger partial charge in [-0.3, -0.25) is 9.52 Å². The minimum Gasteiger partial charge on any atom is -0.355 e. The second kappa shape index (κ2) is 6.28. The van der Waals surface area contributed by atoms with Crippen LogP contribution < -0.4 is 10.0 Å². The van der Waals surface area contributed by atoms with Crippen LogP contribution in [0.3, 0.4) is 0 Å². The molecule has 0 aliphatic carbocycles. The fourth-order valence-electron chi connectivity index (χ4n) is 1.74. The van der Waals surface area contributed by atoms with E-state index in [2.05, 4.69) is 26.0 Å². The van der Waals surface area contributed by atoms with Crippen LogP contribution in [-0.2, 0) is 10.0 Å². The normalized spacial score (nSPS) is 11.0. The third kappa shape index (κ3) is 3.62. The predicted octanol–water partition coefficient (Wildman–Crippen LogP) is 2.61. The van der Waals surface area contributed by atoms with Gasteiger partial charge in [0.15, 0.2) is 0 Å². The molecule has 0 fully saturated rings. The Bertz CT molecular complexity index is 775. The maximum absolute atomic E-state index is 12.3. The van der Waals surface area contributed by atoms with Gasteiger partial charge in [0.2, 0.25) is 0 Å². The predicted molar refractivity (Wildman–Crippen MR) is 84.8 cm³/mol. The van der Waals surface area contributed by atoms with Gasteiger partial charge in [0.25, 0.3) is 15.9 Å². The summed E-state index contributed by atoms with van der Waals surface area (Å²) in [5.41, 5.74) is 0.705. The molecule has 0 atom stereocenters. The first-order chi connectivity index (χ1) is 9.94. The molecular weight excluding hydrogens is 356 g/mol. The molecule has 2 aromatic rings. The first-order valence-corrected chi connectivity index (χ1v) is 8.31. The summed E-state index contributed by atoms with van der Waals surface area (Å²) in [6.07, 6.45) is 0. The summed E-state index contributed by atoms with van der Waals surface area (Å²) >= 11 is 3.21. The lowest BCUT2D eigenvalue weighted by Crippen LogP contribution is -2.18. The smallest absolute Gasteiger partial charge is 0.263 e. The van der Waals surface area contributed by atoms with Gasteiger partial charge >= 0.3 is 0 Å². The molecule has 1 amide bonds. The van der Waals surface area contributed by atoms with Crippen LogP contribution in [-0.4, -0.2) is 21.4 Å². The summed E-state index contributed by atoms with van der Waals surface area (Å²) in [4.78, 5) is 11.7. The molecule has 0 aliphatic heterocycles. The Labute approximate surface area is 131 Å². The molecule has 2 N–H and O–H groups in total. The second-order valence-electron chi connectivity index (χ2n) is 4.20. The number of anilines is 1. The van der Waals surface area contributed by atoms with Crippen LogP contribution in [0.1, 0.15) is 10.4 Å². The Morgan fingerprint density at radius 2 is 1.81 bits per heavy atom. The number of halogens is 1. The van der Waals surface area contributed by atoms with E-state index < -0.39 is 10.0 Å². The van der Waals surface area contributed by atoms with E-state index in [1.807, 2.05) is 0 Å². The number of hydrogen-bond acceptors (Lipinski definition) is 3. The number of benzene rings is 2. The molecule has 0 radical (unpaired) electrons. The van der Waals surface area contributed by atoms with Crippen LogP contribution in [0.2, 0.25) is 0 Å². The average Bonchev–Trinajstić information content (AvgIpc) is 2.46. The molecule has 0 heterocycles. The van der Waals surface area contributed by atoms with Gasteiger partial charge in [-0.05, 0) is 46.3 Å². The summed E-state index contributed by atoms with van der Waals surface area (Å²) in [5, 5.41) is 2.49. The minimum absolute atomic E-state index is 0.135. The van der Waals surface area contributed by atoms with Crippen molar-refractivity contribution in [3.05, 3.63) is 58.6 Å². The van der Waals surface area contributed by atoms with Crippen molar-refractivity contribution in [2.75, 3.05) is 11.8 Å². The van der Waals surface area contributed by atoms with Gasteiger partial charge in [-0.1, -0.05) is 18.2 Å². The summed E-state index contributed by atoms with van der Waals surface area (Å²) < 4.78 is 27.6. The number of sulfonamides is 1. The quantitative estimate of drug-likeness (QED) is 0.870. The molecule has 5 nitrogen and oxygen atoms in total. The number of nitrogens with one attached hydrogen (secondary N) is 2. The van der Waals surface area contributed by atoms with Crippen LogP contribution >= 0.6 is 15.9 Å². The van der Waals surface area contributed by atoms with Crippen molar-refractivity contribution in [1.82, 2.24) is 5.32 Å². The van der Waals surface area contributed by atoms with Crippen molar-refractivity contribution in [3.63, 3.8) is 0 Å². The van der Waals surface area contributed by atoms with Crippen LogP contribution in [0.4, 0.5) is 5.69 Å². The van der Waals surface area contributed by atoms with Crippen molar-refractivity contribution >= 4 is 37.5 Å². The number of hydrogen-bond donors (Lipinski definition) is 2. The number of amides is 1. The summed E-state index contributed by atoms with van der Waals surface area (Å²) in [6, 6.07) is 12.8. The van der Waals surface area contributed by atoms with Gasteiger partial charge in [-0.15, -0.1) is 0 Å². The standard InChI is InChI=1S/C14H13BrN2O3S/c1-16-14(18)10-5-4-6-11(9-10)17-21(19,20)13-8-3-2-7-12(13)15/h2-9,17H,1H3,(H,16,18). The summed E-state index contributed by atoms with van der Waals surface area (Å²) in [6.45, 7) is 0. The van der Waals surface area contributed by atoms with E-state index in [1.165, 1.54) is 19.2 Å². The summed E-state index contributed by atoms with van der Waals surface area (Å²) in [7, 11) is -2.21. The first kappa shape index (κ1) is 15.5. The molecule has 2 aromatic carbocycles. The summed E-state index contributed by atoms with van der Waals surface area (Å²) in [5.74, 6) is -0.281. The molecule has 0 spiro atoms. The molecule has 0 aliphatic rings. The van der Waals surface area contributed by atoms with Crippen LogP contribution in [0.25, 0.3) is 0 Å². The molecule has 0 unspecified atom stereocenters. The molecule has 0 saturated carbocycles. The Hall–Kier alpha value is -1.86. The van der Waals surface area contributed by atoms with Crippen molar-refractivity contribution in [3.8, 4) is 0 Å². The molecule has 2 rings (SSSR count). The van der Waals surface area contributed by atoms with E-state index in [9.17, 15) is 13.2 Å². The Morgan fingerprint density at radius 3 is 2.48 bits per heavy atom. The Balaban J connectivity index is 2.34. The third-order valence-electron chi connectivity index (χ3n) is 2.73. The molecule has 7 heteroatoms. The molecule has 0 bridgehead atoms. The molecule has 110 valence electrons. The fraction of sp³-hybridized carbons (Fsp3) is 0.0714. The molecule has 21 heavy (non-hydrogen) atoms. The van der Waals surface area contributed by atoms with Gasteiger partial charge in [-0.2, -0.15) is 0 Å². The Kier molecular flexibility index (Phi) is 4.64. The monoisotopic (exact) mass is 368 g/mol. The number of rotatable bonds is 4. The van der Waals surface area contributed by atoms with Gasteiger partial charge in [0.1, 0.15) is 4.90 Å². The lowest BCUT2D eigenvalue weighted by atomic mass is 10.2. The van der Waals surface area contributed by atoms with Crippen molar-refractivity contribution in [2.45, 2.75) is 4.90 Å². The zero-order valence-corrected chi connectivity index (χ0v) is 13.5. The zero-order chi connectivity index (χ0) is 15.5. The zero-order valence-electron chi connectivity index (χ0n) is 11.1. The molecule has 0 saturated heterocycles. The largest absolute Gasteiger partial charge is 0.355 e. The van der Waals surface area contributed by atoms with Crippen LogP contribution in [0.15, 0.2) is 57.9 Å². The van der Waals surface area contributed by atoms with E-state index in [-0.39, 0.29) is 10.8 Å². The highest BCUT2D eigenvalue weighted by Gasteiger charge is 2.17. The van der Waals surface area contributed by atoms with Crippen LogP contribution in [0.5, 0.6) is 0 Å². The van der Waals surface area contributed by atoms with Gasteiger partial charge in [0.05, 0.1) is 0 Å². The van der Waals surface area contributed by atoms with E-state index in [4.69, 9.17) is 0 Å². The SMILES string of the molecule is CNC(=O)c1cccc(NS(=O)(=O)c2ccccc2Br)c1. The minimum atomic E-state index is -3.72. The molecule has 0 aromatic heterocycles. The topological polar surface area (TPSA) is 75.3 Å². The number of carbonyl (C=O) groups is 1. The van der Waals surface area contributed by atoms with Gasteiger partial charge < -0.3 is 5.32 Å². The fourth-order valence-corrected chi connectivity index (χ4v) is 3.79. The second-order valence-corrected chi connectivity index (χ2v) is 6.70. The highest BCUT2D eigenvalue weighted by atomic mass is 79.9. The van der Waals surface area contributed by atoms with E-state index in [0.29, 0.717) is 15.7 Å². The lowest BCUT2D eigenvalue weighted by Gasteiger charge is -2.10. The van der Waals surface area contributed by atoms with Crippen molar-refractivity contribution < 1.29 is 13.2 Å². The number of carbonyl (C=O) groups excluding carboxylic acids is 1. The highest BCUT2D eigenvalue weighted by Crippen LogP contribution is 2.24. The van der Waals surface area contributed by atoms with E-state index in [0.717, 1.165) is 0 Å². The van der Waals surface area contributed by atoms with Crippen molar-refractivity contribution in [2.24, 2.45) is 0 Å². The highest BCUT2D eigenvalue weighted by molar-refractivity contribution is 9.10. The van der Waals surface area contributed by atoms with Crippen molar-refractivity contribution in [1.29, 1.82) is 0 Å². The van der Waals surface area contributed by atoms with E-state index in [1.54, 1.807) is 36.4 Å². The first-order valence-electron chi connectivity index (χ1n) is 6.03. The van der Waals surface area contributed by atoms with E-state index >= 15 is 0 Å². The average molecular weight is 369 g/mol. The van der Waals surface area contributed by atoms with Gasteiger partial charge in [0, 0.05) is 22.8 Å². The van der Waals surface area contributed by atoms with Gasteiger partial charge in [-0.25, -0.2) is 8.42 Å². The van der Waals surface area contributed by atoms with Crippen LogP contribution in [0, 0.1) is 0 Å². The maximum atomic E-state index is 12.3.